The van der Waals surface area contributed by atoms with Gasteiger partial charge in [0.2, 0.25) is 11.8 Å². The third-order valence-corrected chi connectivity index (χ3v) is 9.50. The number of hydrogen-bond donors (Lipinski definition) is 4. The summed E-state index contributed by atoms with van der Waals surface area (Å²) in [6.45, 7) is 5.50. The predicted octanol–water partition coefficient (Wildman–Crippen LogP) is 6.82. The maximum atomic E-state index is 13.9. The van der Waals surface area contributed by atoms with Gasteiger partial charge in [0.25, 0.3) is 5.91 Å². The molecule has 10 heteroatoms. The fraction of sp³-hybridized carbons (Fsp3) is 0.357. The molecular formula is C42H51N5O5. The summed E-state index contributed by atoms with van der Waals surface area (Å²) in [6, 6.07) is 30.8. The standard InChI is InChI=1S/C42H51N5O5/c1-29-25-47(30(2)28-48)42(51)35-24-34(44-40(49)16-8-5-9-17-41(50)45-37-15-11-10-14-36(37)43)22-23-38(35)52-39(29)27-46(3)26-31-18-20-33(21-19-31)32-12-6-4-7-13-32/h4,6-7,10-15,18-24,29-30,39,48H,5,8-9,16-17,25-28,43H2,1-3H3,(H,44,49)(H,45,50)/t29-,30+,39-/m0/s1. The van der Waals surface area contributed by atoms with Crippen LogP contribution in [-0.2, 0) is 16.1 Å². The highest BCUT2D eigenvalue weighted by molar-refractivity contribution is 6.00. The number of likely N-dealkylation sites (N-methyl/N-ethyl adjacent to an activating group) is 1. The zero-order valence-corrected chi connectivity index (χ0v) is 30.4. The highest BCUT2D eigenvalue weighted by Gasteiger charge is 2.33. The summed E-state index contributed by atoms with van der Waals surface area (Å²) in [4.78, 5) is 43.0. The molecule has 0 fully saturated rings. The van der Waals surface area contributed by atoms with Gasteiger partial charge in [-0.05, 0) is 73.8 Å². The number of nitrogens with zero attached hydrogens (tertiary/aromatic N) is 2. The first-order chi connectivity index (χ1) is 25.1. The molecule has 0 unspecified atom stereocenters. The highest BCUT2D eigenvalue weighted by Crippen LogP contribution is 2.31. The van der Waals surface area contributed by atoms with Gasteiger partial charge in [-0.15, -0.1) is 0 Å². The van der Waals surface area contributed by atoms with Crippen molar-refractivity contribution in [2.24, 2.45) is 5.92 Å². The molecule has 3 amide bonds. The summed E-state index contributed by atoms with van der Waals surface area (Å²) in [5.41, 5.74) is 11.4. The summed E-state index contributed by atoms with van der Waals surface area (Å²) < 4.78 is 6.58. The van der Waals surface area contributed by atoms with Gasteiger partial charge in [-0.1, -0.05) is 80.1 Å². The molecule has 0 aliphatic carbocycles. The smallest absolute Gasteiger partial charge is 0.258 e. The van der Waals surface area contributed by atoms with E-state index < -0.39 is 6.04 Å². The van der Waals surface area contributed by atoms with E-state index >= 15 is 0 Å². The van der Waals surface area contributed by atoms with E-state index in [1.54, 1.807) is 35.2 Å². The lowest BCUT2D eigenvalue weighted by atomic mass is 9.99. The van der Waals surface area contributed by atoms with Gasteiger partial charge in [0.05, 0.1) is 29.6 Å². The number of carbonyl (C=O) groups excluding carboxylic acids is 3. The summed E-state index contributed by atoms with van der Waals surface area (Å²) in [6.07, 6.45) is 2.35. The van der Waals surface area contributed by atoms with Crippen molar-refractivity contribution in [2.45, 2.75) is 64.6 Å². The fourth-order valence-corrected chi connectivity index (χ4v) is 6.43. The predicted molar refractivity (Wildman–Crippen MR) is 207 cm³/mol. The molecule has 52 heavy (non-hydrogen) atoms. The van der Waals surface area contributed by atoms with Gasteiger partial charge in [-0.25, -0.2) is 0 Å². The van der Waals surface area contributed by atoms with Crippen molar-refractivity contribution in [1.82, 2.24) is 9.80 Å². The Morgan fingerprint density at radius 2 is 1.56 bits per heavy atom. The first-order valence-electron chi connectivity index (χ1n) is 18.1. The Morgan fingerprint density at radius 1 is 0.904 bits per heavy atom. The number of nitrogens with one attached hydrogen (secondary N) is 2. The van der Waals surface area contributed by atoms with Crippen LogP contribution in [0.3, 0.4) is 0 Å². The number of unbranched alkanes of at least 4 members (excludes halogenated alkanes) is 2. The number of rotatable bonds is 15. The molecule has 0 saturated carbocycles. The van der Waals surface area contributed by atoms with E-state index in [-0.39, 0.29) is 42.8 Å². The molecule has 3 atom stereocenters. The van der Waals surface area contributed by atoms with E-state index in [0.29, 0.717) is 67.1 Å². The Kier molecular flexibility index (Phi) is 13.4. The molecule has 0 aromatic heterocycles. The zero-order valence-electron chi connectivity index (χ0n) is 30.4. The summed E-state index contributed by atoms with van der Waals surface area (Å²) in [5, 5.41) is 15.8. The van der Waals surface area contributed by atoms with Crippen LogP contribution in [0.1, 0.15) is 61.9 Å². The Morgan fingerprint density at radius 3 is 2.25 bits per heavy atom. The van der Waals surface area contributed by atoms with E-state index in [4.69, 9.17) is 10.5 Å². The number of nitrogen functional groups attached to an aromatic ring is 1. The number of benzene rings is 4. The number of anilines is 3. The number of aliphatic hydroxyl groups is 1. The fourth-order valence-electron chi connectivity index (χ4n) is 6.43. The molecule has 1 aliphatic heterocycles. The van der Waals surface area contributed by atoms with Gasteiger partial charge in [-0.3, -0.25) is 19.3 Å². The molecule has 5 N–H and O–H groups in total. The molecule has 0 radical (unpaired) electrons. The molecular weight excluding hydrogens is 654 g/mol. The Labute approximate surface area is 307 Å². The van der Waals surface area contributed by atoms with Crippen LogP contribution in [0.25, 0.3) is 11.1 Å². The zero-order chi connectivity index (χ0) is 37.0. The molecule has 4 aromatic carbocycles. The van der Waals surface area contributed by atoms with Crippen molar-refractivity contribution in [3.8, 4) is 16.9 Å². The number of amides is 3. The lowest BCUT2D eigenvalue weighted by Gasteiger charge is -2.38. The Hall–Kier alpha value is -5.19. The normalized spacial score (nSPS) is 16.3. The topological polar surface area (TPSA) is 137 Å². The van der Waals surface area contributed by atoms with Crippen molar-refractivity contribution >= 4 is 34.8 Å². The van der Waals surface area contributed by atoms with E-state index in [1.165, 1.54) is 16.7 Å². The third kappa shape index (κ3) is 10.4. The number of para-hydroxylation sites is 2. The van der Waals surface area contributed by atoms with Crippen molar-refractivity contribution in [2.75, 3.05) is 43.1 Å². The maximum absolute atomic E-state index is 13.9. The van der Waals surface area contributed by atoms with Crippen LogP contribution in [0.5, 0.6) is 5.75 Å². The van der Waals surface area contributed by atoms with E-state index in [1.807, 2.05) is 37.3 Å². The number of hydrogen-bond acceptors (Lipinski definition) is 7. The lowest BCUT2D eigenvalue weighted by molar-refractivity contribution is -0.116. The summed E-state index contributed by atoms with van der Waals surface area (Å²) in [5.74, 6) is -0.107. The molecule has 274 valence electrons. The maximum Gasteiger partial charge on any atom is 0.258 e. The number of ether oxygens (including phenoxy) is 1. The average molecular weight is 706 g/mol. The van der Waals surface area contributed by atoms with Crippen LogP contribution >= 0.6 is 0 Å². The molecule has 0 bridgehead atoms. The Balaban J connectivity index is 1.18. The second-order valence-electron chi connectivity index (χ2n) is 13.8. The Bertz CT molecular complexity index is 1800. The van der Waals surface area contributed by atoms with Crippen molar-refractivity contribution < 1.29 is 24.2 Å². The second kappa shape index (κ2) is 18.3. The number of nitrogens with two attached hydrogens (primary N) is 1. The molecule has 1 heterocycles. The minimum Gasteiger partial charge on any atom is -0.488 e. The molecule has 10 nitrogen and oxygen atoms in total. The average Bonchev–Trinajstić information content (AvgIpc) is 3.14. The highest BCUT2D eigenvalue weighted by atomic mass is 16.5. The van der Waals surface area contributed by atoms with Crippen LogP contribution in [-0.4, -0.2) is 71.5 Å². The minimum atomic E-state index is -0.396. The van der Waals surface area contributed by atoms with Crippen molar-refractivity contribution in [1.29, 1.82) is 0 Å². The van der Waals surface area contributed by atoms with Gasteiger partial charge in [0.15, 0.2) is 0 Å². The van der Waals surface area contributed by atoms with Gasteiger partial charge in [0.1, 0.15) is 11.9 Å². The quantitative estimate of drug-likeness (QED) is 0.0788. The molecule has 0 saturated heterocycles. The first-order valence-corrected chi connectivity index (χ1v) is 18.1. The minimum absolute atomic E-state index is 0.0177. The van der Waals surface area contributed by atoms with Gasteiger partial charge in [0, 0.05) is 44.1 Å². The van der Waals surface area contributed by atoms with E-state index in [0.717, 1.165) is 6.54 Å². The molecule has 0 spiro atoms. The van der Waals surface area contributed by atoms with Gasteiger partial charge >= 0.3 is 0 Å². The van der Waals surface area contributed by atoms with Crippen LogP contribution in [0.15, 0.2) is 97.1 Å². The SMILES string of the molecule is C[C@H](CO)N1C[C@H](C)[C@H](CN(C)Cc2ccc(-c3ccccc3)cc2)Oc2ccc(NC(=O)CCCCCC(=O)Nc3ccccc3N)cc2C1=O. The second-order valence-corrected chi connectivity index (χ2v) is 13.8. The summed E-state index contributed by atoms with van der Waals surface area (Å²) in [7, 11) is 2.06. The van der Waals surface area contributed by atoms with Crippen molar-refractivity contribution in [3.63, 3.8) is 0 Å². The molecule has 4 aromatic rings. The lowest BCUT2D eigenvalue weighted by Crippen LogP contribution is -2.49. The largest absolute Gasteiger partial charge is 0.488 e. The monoisotopic (exact) mass is 705 g/mol. The number of fused-ring (bicyclic) bond motifs is 1. The number of aliphatic hydroxyl groups excluding tert-OH is 1. The summed E-state index contributed by atoms with van der Waals surface area (Å²) >= 11 is 0. The van der Waals surface area contributed by atoms with Gasteiger partial charge < -0.3 is 31.1 Å². The first kappa shape index (κ1) is 38.1. The molecule has 5 rings (SSSR count). The number of carbonyl (C=O) groups is 3. The van der Waals surface area contributed by atoms with Gasteiger partial charge in [-0.2, -0.15) is 0 Å². The van der Waals surface area contributed by atoms with Crippen LogP contribution in [0.2, 0.25) is 0 Å². The van der Waals surface area contributed by atoms with Crippen LogP contribution in [0.4, 0.5) is 17.1 Å². The molecule has 1 aliphatic rings. The van der Waals surface area contributed by atoms with Crippen molar-refractivity contribution in [3.05, 3.63) is 108 Å². The van der Waals surface area contributed by atoms with E-state index in [9.17, 15) is 19.5 Å². The van der Waals surface area contributed by atoms with E-state index in [2.05, 4.69) is 65.9 Å². The van der Waals surface area contributed by atoms with Crippen LogP contribution < -0.4 is 21.1 Å². The third-order valence-electron chi connectivity index (χ3n) is 9.50. The van der Waals surface area contributed by atoms with Crippen LogP contribution in [0, 0.1) is 5.92 Å².